The van der Waals surface area contributed by atoms with Gasteiger partial charge in [0, 0.05) is 18.7 Å². The number of thiazole rings is 1. The van der Waals surface area contributed by atoms with Crippen LogP contribution < -0.4 is 9.11 Å². The van der Waals surface area contributed by atoms with Crippen LogP contribution in [0.25, 0.3) is 10.2 Å². The summed E-state index contributed by atoms with van der Waals surface area (Å²) >= 11 is 1.50. The van der Waals surface area contributed by atoms with Crippen molar-refractivity contribution < 1.29 is 13.2 Å². The van der Waals surface area contributed by atoms with Crippen molar-refractivity contribution in [3.63, 3.8) is 0 Å². The lowest BCUT2D eigenvalue weighted by Gasteiger charge is -2.19. The molecule has 180 valence electrons. The van der Waals surface area contributed by atoms with Gasteiger partial charge < -0.3 is 4.57 Å². The van der Waals surface area contributed by atoms with E-state index in [-0.39, 0.29) is 10.8 Å². The monoisotopic (exact) mass is 505 g/mol. The molecule has 0 bridgehead atoms. The molecule has 0 spiro atoms. The summed E-state index contributed by atoms with van der Waals surface area (Å²) in [4.78, 5) is 18.3. The minimum Gasteiger partial charge on any atom is -0.316 e. The molecule has 1 aliphatic rings. The number of para-hydroxylation sites is 1. The van der Waals surface area contributed by atoms with Gasteiger partial charge in [-0.05, 0) is 85.8 Å². The van der Waals surface area contributed by atoms with E-state index in [1.165, 1.54) is 38.9 Å². The number of anilines is 1. The van der Waals surface area contributed by atoms with E-state index in [9.17, 15) is 13.2 Å². The number of amides is 1. The molecule has 0 N–H and O–H groups in total. The zero-order valence-electron chi connectivity index (χ0n) is 20.0. The van der Waals surface area contributed by atoms with Crippen LogP contribution in [-0.2, 0) is 23.0 Å². The predicted molar refractivity (Wildman–Crippen MR) is 141 cm³/mol. The largest absolute Gasteiger partial charge is 0.316 e. The zero-order chi connectivity index (χ0) is 24.7. The van der Waals surface area contributed by atoms with Crippen molar-refractivity contribution in [1.29, 1.82) is 0 Å². The van der Waals surface area contributed by atoms with Gasteiger partial charge in [-0.1, -0.05) is 36.5 Å². The normalized spacial score (nSPS) is 14.0. The third-order valence-corrected chi connectivity index (χ3v) is 9.35. The first-order valence-electron chi connectivity index (χ1n) is 11.7. The third-order valence-electron chi connectivity index (χ3n) is 6.48. The van der Waals surface area contributed by atoms with Crippen LogP contribution in [0.1, 0.15) is 40.4 Å². The summed E-state index contributed by atoms with van der Waals surface area (Å²) < 4.78 is 31.1. The van der Waals surface area contributed by atoms with E-state index in [1.54, 1.807) is 12.1 Å². The quantitative estimate of drug-likeness (QED) is 0.373. The smallest absolute Gasteiger partial charge is 0.279 e. The summed E-state index contributed by atoms with van der Waals surface area (Å²) in [5.41, 5.74) is 5.60. The van der Waals surface area contributed by atoms with E-state index in [1.807, 2.05) is 24.3 Å². The Hall–Kier alpha value is -3.23. The van der Waals surface area contributed by atoms with Gasteiger partial charge in [-0.3, -0.25) is 9.10 Å². The molecule has 1 amide bonds. The van der Waals surface area contributed by atoms with Gasteiger partial charge in [0.25, 0.3) is 15.9 Å². The minimum atomic E-state index is -3.70. The molecule has 5 rings (SSSR count). The number of aryl methyl sites for hydroxylation is 3. The van der Waals surface area contributed by atoms with Crippen molar-refractivity contribution in [2.75, 3.05) is 10.8 Å². The van der Waals surface area contributed by atoms with E-state index < -0.39 is 10.0 Å². The van der Waals surface area contributed by atoms with Crippen LogP contribution in [0.3, 0.4) is 0 Å². The minimum absolute atomic E-state index is 0.166. The van der Waals surface area contributed by atoms with Gasteiger partial charge in [-0.15, -0.1) is 0 Å². The summed E-state index contributed by atoms with van der Waals surface area (Å²) in [5, 5.41) is 0. The lowest BCUT2D eigenvalue weighted by molar-refractivity contribution is 0.0997. The zero-order valence-corrected chi connectivity index (χ0v) is 21.6. The molecule has 0 fully saturated rings. The Labute approximate surface area is 209 Å². The molecule has 0 saturated carbocycles. The molecule has 4 aromatic rings. The molecule has 1 aliphatic heterocycles. The Morgan fingerprint density at radius 3 is 2.49 bits per heavy atom. The Kier molecular flexibility index (Phi) is 6.11. The highest BCUT2D eigenvalue weighted by Gasteiger charge is 2.30. The second kappa shape index (κ2) is 9.09. The van der Waals surface area contributed by atoms with Crippen LogP contribution >= 0.6 is 11.3 Å². The van der Waals surface area contributed by atoms with Crippen LogP contribution in [0.5, 0.6) is 0 Å². The van der Waals surface area contributed by atoms with E-state index in [0.717, 1.165) is 34.4 Å². The first-order valence-corrected chi connectivity index (χ1v) is 14.0. The fourth-order valence-electron chi connectivity index (χ4n) is 4.45. The second-order valence-electron chi connectivity index (χ2n) is 8.84. The molecule has 0 atom stereocenters. The van der Waals surface area contributed by atoms with E-state index in [4.69, 9.17) is 0 Å². The fourth-order valence-corrected chi connectivity index (χ4v) is 7.09. The molecule has 35 heavy (non-hydrogen) atoms. The summed E-state index contributed by atoms with van der Waals surface area (Å²) in [6.45, 7) is 7.45. The number of hydrogen-bond donors (Lipinski definition) is 0. The van der Waals surface area contributed by atoms with Gasteiger partial charge in [0.05, 0.1) is 20.8 Å². The van der Waals surface area contributed by atoms with Crippen molar-refractivity contribution in [1.82, 2.24) is 4.57 Å². The van der Waals surface area contributed by atoms with Crippen molar-refractivity contribution in [2.45, 2.75) is 45.1 Å². The van der Waals surface area contributed by atoms with Crippen LogP contribution in [0, 0.1) is 13.8 Å². The maximum absolute atomic E-state index is 13.3. The molecule has 2 heterocycles. The van der Waals surface area contributed by atoms with E-state index in [2.05, 4.69) is 42.5 Å². The number of carbonyl (C=O) groups is 1. The number of fused-ring (bicyclic) bond motifs is 2. The van der Waals surface area contributed by atoms with Gasteiger partial charge in [0.15, 0.2) is 4.80 Å². The summed E-state index contributed by atoms with van der Waals surface area (Å²) in [7, 11) is -3.70. The van der Waals surface area contributed by atoms with Gasteiger partial charge in [-0.2, -0.15) is 4.99 Å². The lowest BCUT2D eigenvalue weighted by atomic mass is 10.1. The molecule has 0 saturated heterocycles. The standard InChI is InChI=1S/C27H27N3O3S2/c1-4-14-29-24-16-18(2)19(3)17-25(24)34-27(29)28-26(31)21-9-11-22(12-10-21)35(32,33)30-15-13-20-7-5-6-8-23(20)30/h5-12,16-17H,4,13-15H2,1-3H3. The molecule has 3 aromatic carbocycles. The number of nitrogens with zero attached hydrogens (tertiary/aromatic N) is 3. The molecule has 0 unspecified atom stereocenters. The highest BCUT2D eigenvalue weighted by Crippen LogP contribution is 2.32. The topological polar surface area (TPSA) is 71.7 Å². The first-order chi connectivity index (χ1) is 16.8. The molecule has 6 nitrogen and oxygen atoms in total. The van der Waals surface area contributed by atoms with Crippen molar-refractivity contribution in [2.24, 2.45) is 4.99 Å². The number of rotatable bonds is 5. The van der Waals surface area contributed by atoms with E-state index in [0.29, 0.717) is 23.3 Å². The fraction of sp³-hybridized carbons (Fsp3) is 0.259. The Bertz CT molecular complexity index is 1610. The maximum atomic E-state index is 13.3. The average molecular weight is 506 g/mol. The number of benzene rings is 3. The highest BCUT2D eigenvalue weighted by atomic mass is 32.2. The second-order valence-corrected chi connectivity index (χ2v) is 11.7. The van der Waals surface area contributed by atoms with Gasteiger partial charge in [0.2, 0.25) is 0 Å². The molecular weight excluding hydrogens is 478 g/mol. The Morgan fingerprint density at radius 2 is 1.74 bits per heavy atom. The van der Waals surface area contributed by atoms with Crippen molar-refractivity contribution in [3.8, 4) is 0 Å². The maximum Gasteiger partial charge on any atom is 0.279 e. The third kappa shape index (κ3) is 4.21. The van der Waals surface area contributed by atoms with E-state index >= 15 is 0 Å². The Balaban J connectivity index is 1.47. The van der Waals surface area contributed by atoms with Gasteiger partial charge in [0.1, 0.15) is 0 Å². The summed E-state index contributed by atoms with van der Waals surface area (Å²) in [6, 6.07) is 17.9. The van der Waals surface area contributed by atoms with Gasteiger partial charge in [-0.25, -0.2) is 8.42 Å². The number of hydrogen-bond acceptors (Lipinski definition) is 4. The Morgan fingerprint density at radius 1 is 1.03 bits per heavy atom. The molecular formula is C27H27N3O3S2. The van der Waals surface area contributed by atoms with Crippen LogP contribution in [-0.4, -0.2) is 25.4 Å². The number of aromatic nitrogens is 1. The lowest BCUT2D eigenvalue weighted by Crippen LogP contribution is -2.29. The number of sulfonamides is 1. The summed E-state index contributed by atoms with van der Waals surface area (Å²) in [5.74, 6) is -0.384. The molecule has 8 heteroatoms. The van der Waals surface area contributed by atoms with Crippen LogP contribution in [0.2, 0.25) is 0 Å². The van der Waals surface area contributed by atoms with Crippen LogP contribution in [0.4, 0.5) is 5.69 Å². The number of carbonyl (C=O) groups excluding carboxylic acids is 1. The van der Waals surface area contributed by atoms with Crippen LogP contribution in [0.15, 0.2) is 70.6 Å². The van der Waals surface area contributed by atoms with Gasteiger partial charge >= 0.3 is 0 Å². The van der Waals surface area contributed by atoms with Crippen molar-refractivity contribution in [3.05, 3.63) is 87.7 Å². The van der Waals surface area contributed by atoms with Crippen molar-refractivity contribution >= 4 is 43.2 Å². The molecule has 1 aromatic heterocycles. The highest BCUT2D eigenvalue weighted by molar-refractivity contribution is 7.92. The molecule has 0 radical (unpaired) electrons. The predicted octanol–water partition coefficient (Wildman–Crippen LogP) is 5.22. The average Bonchev–Trinajstić information content (AvgIpc) is 3.42. The summed E-state index contributed by atoms with van der Waals surface area (Å²) in [6.07, 6.45) is 1.61. The first kappa shape index (κ1) is 23.5. The SMILES string of the molecule is CCCn1c(=NC(=O)c2ccc(S(=O)(=O)N3CCc4ccccc43)cc2)sc2cc(C)c(C)cc21. The molecule has 0 aliphatic carbocycles.